The van der Waals surface area contributed by atoms with Gasteiger partial charge >= 0.3 is 0 Å². The molecule has 0 fully saturated rings. The Bertz CT molecular complexity index is 345. The molecular weight excluding hydrogens is 232 g/mol. The second kappa shape index (κ2) is 10.8. The first kappa shape index (κ1) is 17.9. The smallest absolute Gasteiger partial charge is 0.155 e. The van der Waals surface area contributed by atoms with Crippen molar-refractivity contribution in [2.24, 2.45) is 5.92 Å². The Labute approximate surface area is 119 Å². The van der Waals surface area contributed by atoms with Gasteiger partial charge in [0.15, 0.2) is 5.78 Å². The van der Waals surface area contributed by atoms with Gasteiger partial charge in [-0.2, -0.15) is 0 Å². The van der Waals surface area contributed by atoms with E-state index < -0.39 is 0 Å². The Morgan fingerprint density at radius 1 is 1.16 bits per heavy atom. The topological polar surface area (TPSA) is 17.1 Å². The summed E-state index contributed by atoms with van der Waals surface area (Å²) in [6.45, 7) is 10.6. The lowest BCUT2D eigenvalue weighted by atomic mass is 10.00. The maximum atomic E-state index is 11.2. The van der Waals surface area contributed by atoms with E-state index in [2.05, 4.69) is 39.0 Å². The number of carbonyl (C=O) groups excluding carboxylic acids is 1. The summed E-state index contributed by atoms with van der Waals surface area (Å²) in [7, 11) is 0. The number of ketones is 1. The molecule has 0 aromatic carbocycles. The highest BCUT2D eigenvalue weighted by molar-refractivity contribution is 5.90. The van der Waals surface area contributed by atoms with E-state index in [0.717, 1.165) is 18.4 Å². The summed E-state index contributed by atoms with van der Waals surface area (Å²) in [5.41, 5.74) is 2.54. The van der Waals surface area contributed by atoms with Crippen molar-refractivity contribution in [2.75, 3.05) is 0 Å². The average molecular weight is 262 g/mol. The van der Waals surface area contributed by atoms with Gasteiger partial charge in [-0.1, -0.05) is 44.6 Å². The van der Waals surface area contributed by atoms with Crippen LogP contribution in [0, 0.1) is 5.92 Å². The largest absolute Gasteiger partial charge is 0.295 e. The Kier molecular flexibility index (Phi) is 10.1. The molecule has 108 valence electrons. The highest BCUT2D eigenvalue weighted by Crippen LogP contribution is 2.13. The van der Waals surface area contributed by atoms with E-state index in [1.54, 1.807) is 6.08 Å². The van der Waals surface area contributed by atoms with E-state index in [0.29, 0.717) is 12.3 Å². The molecule has 0 aliphatic rings. The molecule has 1 unspecified atom stereocenters. The monoisotopic (exact) mass is 262 g/mol. The van der Waals surface area contributed by atoms with Gasteiger partial charge in [-0.15, -0.1) is 0 Å². The summed E-state index contributed by atoms with van der Waals surface area (Å²) >= 11 is 0. The minimum atomic E-state index is 0.204. The SMILES string of the molecule is CCC(=O)/C=C(C)/C=C/CC(C)CC/C=C(\C)CC. The summed E-state index contributed by atoms with van der Waals surface area (Å²) in [6, 6.07) is 0. The fourth-order valence-corrected chi connectivity index (χ4v) is 1.77. The van der Waals surface area contributed by atoms with Crippen LogP contribution in [0.2, 0.25) is 0 Å². The third kappa shape index (κ3) is 10.5. The highest BCUT2D eigenvalue weighted by atomic mass is 16.1. The van der Waals surface area contributed by atoms with Gasteiger partial charge in [0, 0.05) is 6.42 Å². The number of allylic oxidation sites excluding steroid dienone is 6. The lowest BCUT2D eigenvalue weighted by Crippen LogP contribution is -1.92. The number of rotatable bonds is 9. The molecule has 0 amide bonds. The number of hydrogen-bond donors (Lipinski definition) is 0. The van der Waals surface area contributed by atoms with Gasteiger partial charge in [0.05, 0.1) is 0 Å². The van der Waals surface area contributed by atoms with Crippen LogP contribution in [0.4, 0.5) is 0 Å². The van der Waals surface area contributed by atoms with Crippen LogP contribution in [0.1, 0.15) is 66.7 Å². The zero-order chi connectivity index (χ0) is 14.7. The van der Waals surface area contributed by atoms with Crippen molar-refractivity contribution < 1.29 is 4.79 Å². The van der Waals surface area contributed by atoms with E-state index in [4.69, 9.17) is 0 Å². The maximum absolute atomic E-state index is 11.2. The quantitative estimate of drug-likeness (QED) is 0.299. The van der Waals surface area contributed by atoms with Crippen LogP contribution in [-0.4, -0.2) is 5.78 Å². The number of carbonyl (C=O) groups is 1. The first-order chi connectivity index (χ1) is 8.99. The van der Waals surface area contributed by atoms with Crippen LogP contribution in [0.3, 0.4) is 0 Å². The molecule has 1 nitrogen and oxygen atoms in total. The predicted molar refractivity (Wildman–Crippen MR) is 85.3 cm³/mol. The molecule has 0 saturated heterocycles. The summed E-state index contributed by atoms with van der Waals surface area (Å²) in [5, 5.41) is 0. The average Bonchev–Trinajstić information content (AvgIpc) is 2.38. The molecule has 1 atom stereocenters. The van der Waals surface area contributed by atoms with Crippen LogP contribution in [0.25, 0.3) is 0 Å². The molecule has 0 bridgehead atoms. The van der Waals surface area contributed by atoms with Crippen molar-refractivity contribution in [3.63, 3.8) is 0 Å². The predicted octanol–water partition coefficient (Wildman–Crippen LogP) is 5.63. The van der Waals surface area contributed by atoms with Gasteiger partial charge in [-0.3, -0.25) is 4.79 Å². The maximum Gasteiger partial charge on any atom is 0.155 e. The molecule has 0 radical (unpaired) electrons. The molecule has 0 saturated carbocycles. The van der Waals surface area contributed by atoms with Gasteiger partial charge in [0.25, 0.3) is 0 Å². The highest BCUT2D eigenvalue weighted by Gasteiger charge is 1.98. The minimum Gasteiger partial charge on any atom is -0.295 e. The van der Waals surface area contributed by atoms with E-state index in [1.165, 1.54) is 18.4 Å². The van der Waals surface area contributed by atoms with Crippen LogP contribution < -0.4 is 0 Å². The van der Waals surface area contributed by atoms with Gasteiger partial charge in [0.2, 0.25) is 0 Å². The van der Waals surface area contributed by atoms with Crippen molar-refractivity contribution in [2.45, 2.75) is 66.7 Å². The number of hydrogen-bond acceptors (Lipinski definition) is 1. The fourth-order valence-electron chi connectivity index (χ4n) is 1.77. The molecule has 0 aliphatic carbocycles. The molecule has 0 aliphatic heterocycles. The molecule has 0 heterocycles. The van der Waals surface area contributed by atoms with Crippen molar-refractivity contribution in [3.8, 4) is 0 Å². The van der Waals surface area contributed by atoms with Gasteiger partial charge in [0.1, 0.15) is 0 Å². The van der Waals surface area contributed by atoms with Crippen LogP contribution >= 0.6 is 0 Å². The van der Waals surface area contributed by atoms with Crippen molar-refractivity contribution in [1.82, 2.24) is 0 Å². The molecule has 0 spiro atoms. The first-order valence-electron chi connectivity index (χ1n) is 7.52. The van der Waals surface area contributed by atoms with Crippen LogP contribution in [0.5, 0.6) is 0 Å². The molecule has 19 heavy (non-hydrogen) atoms. The molecule has 0 N–H and O–H groups in total. The van der Waals surface area contributed by atoms with Crippen molar-refractivity contribution in [1.29, 1.82) is 0 Å². The third-order valence-electron chi connectivity index (χ3n) is 3.37. The lowest BCUT2D eigenvalue weighted by Gasteiger charge is -2.06. The summed E-state index contributed by atoms with van der Waals surface area (Å²) in [5.74, 6) is 0.905. The zero-order valence-electron chi connectivity index (χ0n) is 13.3. The second-order valence-electron chi connectivity index (χ2n) is 5.43. The molecule has 0 aromatic rings. The van der Waals surface area contributed by atoms with Gasteiger partial charge in [-0.25, -0.2) is 0 Å². The van der Waals surface area contributed by atoms with E-state index >= 15 is 0 Å². The lowest BCUT2D eigenvalue weighted by molar-refractivity contribution is -0.114. The standard InChI is InChI=1S/C18H30O/c1-6-15(3)10-8-11-16(4)12-9-13-17(5)14-18(19)7-2/h9-10,13-14,16H,6-8,11-12H2,1-5H3/b13-9+,15-10+,17-14+. The van der Waals surface area contributed by atoms with Gasteiger partial charge in [-0.05, 0) is 57.1 Å². The van der Waals surface area contributed by atoms with Crippen LogP contribution in [0.15, 0.2) is 35.5 Å². The third-order valence-corrected chi connectivity index (χ3v) is 3.37. The Hall–Kier alpha value is -1.11. The zero-order valence-corrected chi connectivity index (χ0v) is 13.3. The molecular formula is C18H30O. The normalized spacial score (nSPS) is 15.0. The first-order valence-corrected chi connectivity index (χ1v) is 7.52. The summed E-state index contributed by atoms with van der Waals surface area (Å²) < 4.78 is 0. The summed E-state index contributed by atoms with van der Waals surface area (Å²) in [6.07, 6.45) is 13.6. The molecule has 1 heteroatoms. The Balaban J connectivity index is 3.99. The van der Waals surface area contributed by atoms with Gasteiger partial charge < -0.3 is 0 Å². The Morgan fingerprint density at radius 2 is 1.84 bits per heavy atom. The van der Waals surface area contributed by atoms with E-state index in [9.17, 15) is 4.79 Å². The second-order valence-corrected chi connectivity index (χ2v) is 5.43. The van der Waals surface area contributed by atoms with Crippen molar-refractivity contribution >= 4 is 5.78 Å². The van der Waals surface area contributed by atoms with E-state index in [1.807, 2.05) is 13.8 Å². The molecule has 0 rings (SSSR count). The van der Waals surface area contributed by atoms with Crippen LogP contribution in [-0.2, 0) is 4.79 Å². The molecule has 0 aromatic heterocycles. The van der Waals surface area contributed by atoms with E-state index in [-0.39, 0.29) is 5.78 Å². The Morgan fingerprint density at radius 3 is 2.42 bits per heavy atom. The minimum absolute atomic E-state index is 0.204. The summed E-state index contributed by atoms with van der Waals surface area (Å²) in [4.78, 5) is 11.2. The fraction of sp³-hybridized carbons (Fsp3) is 0.611. The van der Waals surface area contributed by atoms with Crippen molar-refractivity contribution in [3.05, 3.63) is 35.5 Å².